The van der Waals surface area contributed by atoms with Gasteiger partial charge in [-0.3, -0.25) is 4.79 Å². The first-order chi connectivity index (χ1) is 16.5. The van der Waals surface area contributed by atoms with Crippen molar-refractivity contribution in [2.75, 3.05) is 25.6 Å². The van der Waals surface area contributed by atoms with Crippen molar-refractivity contribution in [1.29, 1.82) is 0 Å². The monoisotopic (exact) mass is 447 g/mol. The summed E-state index contributed by atoms with van der Waals surface area (Å²) in [6, 6.07) is 21.5. The average Bonchev–Trinajstić information content (AvgIpc) is 3.72. The molecular weight excluding hydrogens is 422 g/mol. The zero-order chi connectivity index (χ0) is 23.7. The number of hydrogen-bond donors (Lipinski definition) is 0. The van der Waals surface area contributed by atoms with Crippen molar-refractivity contribution in [1.82, 2.24) is 9.97 Å². The van der Waals surface area contributed by atoms with Gasteiger partial charge in [0.1, 0.15) is 12.4 Å². The second-order valence-electron chi connectivity index (χ2n) is 8.73. The fourth-order valence-corrected chi connectivity index (χ4v) is 4.01. The second-order valence-corrected chi connectivity index (χ2v) is 8.73. The van der Waals surface area contributed by atoms with Gasteiger partial charge >= 0.3 is 0 Å². The molecule has 1 aliphatic rings. The fourth-order valence-electron chi connectivity index (χ4n) is 4.01. The first-order valence-electron chi connectivity index (χ1n) is 11.3. The number of ketones is 1. The molecule has 1 heterocycles. The molecule has 3 aromatic carbocycles. The Morgan fingerprint density at radius 1 is 1.03 bits per heavy atom. The number of hydrogen-bond acceptors (Lipinski definition) is 5. The number of aromatic nitrogens is 2. The summed E-state index contributed by atoms with van der Waals surface area (Å²) in [7, 11) is 3.93. The maximum atomic E-state index is 13.3. The van der Waals surface area contributed by atoms with Gasteiger partial charge in [-0.05, 0) is 66.8 Å². The smallest absolute Gasteiger partial charge is 0.230 e. The maximum absolute atomic E-state index is 13.3. The van der Waals surface area contributed by atoms with Gasteiger partial charge in [-0.1, -0.05) is 30.2 Å². The van der Waals surface area contributed by atoms with E-state index in [9.17, 15) is 4.79 Å². The molecule has 0 amide bonds. The third-order valence-corrected chi connectivity index (χ3v) is 6.07. The van der Waals surface area contributed by atoms with Crippen LogP contribution in [0.5, 0.6) is 5.75 Å². The Kier molecular flexibility index (Phi) is 5.73. The first-order valence-corrected chi connectivity index (χ1v) is 11.3. The summed E-state index contributed by atoms with van der Waals surface area (Å²) in [4.78, 5) is 24.7. The Morgan fingerprint density at radius 2 is 1.76 bits per heavy atom. The molecule has 1 aromatic heterocycles. The lowest BCUT2D eigenvalue weighted by atomic mass is 10.0. The van der Waals surface area contributed by atoms with Crippen LogP contribution in [-0.4, -0.2) is 36.5 Å². The summed E-state index contributed by atoms with van der Waals surface area (Å²) in [6.45, 7) is 0.178. The van der Waals surface area contributed by atoms with Crippen molar-refractivity contribution in [3.05, 3.63) is 83.7 Å². The maximum Gasteiger partial charge on any atom is 0.230 e. The van der Waals surface area contributed by atoms with Gasteiger partial charge in [0, 0.05) is 36.3 Å². The predicted molar refractivity (Wildman–Crippen MR) is 135 cm³/mol. The van der Waals surface area contributed by atoms with Crippen LogP contribution < -0.4 is 9.64 Å². The molecule has 1 saturated carbocycles. The van der Waals surface area contributed by atoms with Gasteiger partial charge in [0.25, 0.3) is 0 Å². The van der Waals surface area contributed by atoms with Crippen molar-refractivity contribution >= 4 is 22.4 Å². The van der Waals surface area contributed by atoms with E-state index in [1.54, 1.807) is 0 Å². The van der Waals surface area contributed by atoms with Crippen LogP contribution in [0.4, 0.5) is 5.69 Å². The molecule has 4 aromatic rings. The molecule has 5 heteroatoms. The van der Waals surface area contributed by atoms with Crippen LogP contribution in [0, 0.1) is 12.3 Å². The molecule has 0 spiro atoms. The zero-order valence-corrected chi connectivity index (χ0v) is 19.3. The fraction of sp³-hybridized carbons (Fsp3) is 0.207. The van der Waals surface area contributed by atoms with E-state index < -0.39 is 0 Å². The van der Waals surface area contributed by atoms with E-state index in [1.807, 2.05) is 61.5 Å². The minimum atomic E-state index is -0.212. The van der Waals surface area contributed by atoms with Crippen molar-refractivity contribution in [3.8, 4) is 29.4 Å². The van der Waals surface area contributed by atoms with E-state index in [2.05, 4.69) is 35.2 Å². The summed E-state index contributed by atoms with van der Waals surface area (Å²) < 4.78 is 5.63. The number of ether oxygens (including phenoxy) is 1. The Hall–Kier alpha value is -4.17. The zero-order valence-electron chi connectivity index (χ0n) is 19.3. The lowest BCUT2D eigenvalue weighted by Crippen LogP contribution is -2.11. The van der Waals surface area contributed by atoms with Crippen molar-refractivity contribution in [2.45, 2.75) is 18.8 Å². The van der Waals surface area contributed by atoms with Gasteiger partial charge in [0.2, 0.25) is 11.6 Å². The topological polar surface area (TPSA) is 55.3 Å². The van der Waals surface area contributed by atoms with Gasteiger partial charge in [-0.25, -0.2) is 9.97 Å². The molecule has 34 heavy (non-hydrogen) atoms. The van der Waals surface area contributed by atoms with Gasteiger partial charge in [0.05, 0.1) is 11.2 Å². The number of rotatable bonds is 7. The van der Waals surface area contributed by atoms with E-state index in [-0.39, 0.29) is 18.2 Å². The van der Waals surface area contributed by atoms with Crippen molar-refractivity contribution in [3.63, 3.8) is 0 Å². The molecule has 5 nitrogen and oxygen atoms in total. The van der Waals surface area contributed by atoms with E-state index in [0.717, 1.165) is 16.6 Å². The highest BCUT2D eigenvalue weighted by Gasteiger charge is 2.23. The molecule has 0 N–H and O–H groups in total. The molecule has 168 valence electrons. The van der Waals surface area contributed by atoms with Crippen LogP contribution in [0.1, 0.15) is 40.5 Å². The lowest BCUT2D eigenvalue weighted by molar-refractivity contribution is 0.103. The van der Waals surface area contributed by atoms with Crippen LogP contribution >= 0.6 is 0 Å². The van der Waals surface area contributed by atoms with E-state index >= 15 is 0 Å². The number of nitrogens with zero attached hydrogens (tertiary/aromatic N) is 3. The molecular formula is C29H25N3O2. The molecule has 5 rings (SSSR count). The van der Waals surface area contributed by atoms with Gasteiger partial charge in [-0.15, -0.1) is 6.42 Å². The number of benzene rings is 3. The minimum Gasteiger partial charge on any atom is -0.481 e. The largest absolute Gasteiger partial charge is 0.481 e. The second kappa shape index (κ2) is 8.99. The minimum absolute atomic E-state index is 0.170. The number of anilines is 1. The van der Waals surface area contributed by atoms with E-state index in [1.165, 1.54) is 18.4 Å². The highest BCUT2D eigenvalue weighted by Crippen LogP contribution is 2.40. The van der Waals surface area contributed by atoms with E-state index in [0.29, 0.717) is 28.4 Å². The van der Waals surface area contributed by atoms with Crippen molar-refractivity contribution < 1.29 is 9.53 Å². The van der Waals surface area contributed by atoms with Gasteiger partial charge in [-0.2, -0.15) is 0 Å². The summed E-state index contributed by atoms with van der Waals surface area (Å²) in [5, 5.41) is 0.813. The van der Waals surface area contributed by atoms with Crippen LogP contribution in [0.25, 0.3) is 22.2 Å². The molecule has 0 radical (unpaired) electrons. The Morgan fingerprint density at radius 3 is 2.41 bits per heavy atom. The summed E-state index contributed by atoms with van der Waals surface area (Å²) in [5.74, 6) is 3.75. The van der Waals surface area contributed by atoms with Crippen LogP contribution in [-0.2, 0) is 0 Å². The van der Waals surface area contributed by atoms with Crippen LogP contribution in [0.3, 0.4) is 0 Å². The van der Waals surface area contributed by atoms with Gasteiger partial charge in [0.15, 0.2) is 0 Å². The molecule has 0 aliphatic heterocycles. The number of terminal acetylenes is 1. The Bertz CT molecular complexity index is 1400. The standard InChI is InChI=1S/C29H25N3O2/c1-4-17-34-24-15-16-26-25(18-24)27(21-9-7-20(8-10-21)19-5-6-19)31-29(30-26)28(33)22-11-13-23(14-12-22)32(2)3/h1,7-16,18-19H,5-6,17H2,2-3H3. The Balaban J connectivity index is 1.60. The van der Waals surface area contributed by atoms with Crippen LogP contribution in [0.2, 0.25) is 0 Å². The normalized spacial score (nSPS) is 12.9. The third-order valence-electron chi connectivity index (χ3n) is 6.07. The van der Waals surface area contributed by atoms with Crippen molar-refractivity contribution in [2.24, 2.45) is 0 Å². The number of carbonyl (C=O) groups is 1. The lowest BCUT2D eigenvalue weighted by Gasteiger charge is -2.13. The SMILES string of the molecule is C#CCOc1ccc2nc(C(=O)c3ccc(N(C)C)cc3)nc(-c3ccc(C4CC4)cc3)c2c1. The predicted octanol–water partition coefficient (Wildman–Crippen LogP) is 5.48. The summed E-state index contributed by atoms with van der Waals surface area (Å²) in [5.41, 5.74) is 5.23. The third kappa shape index (κ3) is 4.35. The highest BCUT2D eigenvalue weighted by atomic mass is 16.5. The first kappa shape index (κ1) is 21.7. The molecule has 0 unspecified atom stereocenters. The summed E-state index contributed by atoms with van der Waals surface area (Å²) in [6.07, 6.45) is 7.84. The molecule has 0 bridgehead atoms. The van der Waals surface area contributed by atoms with Gasteiger partial charge < -0.3 is 9.64 Å². The number of carbonyl (C=O) groups excluding carboxylic acids is 1. The Labute approximate surface area is 199 Å². The average molecular weight is 448 g/mol. The quantitative estimate of drug-likeness (QED) is 0.277. The molecule has 0 saturated heterocycles. The molecule has 1 aliphatic carbocycles. The van der Waals surface area contributed by atoms with E-state index in [4.69, 9.17) is 16.1 Å². The highest BCUT2D eigenvalue weighted by molar-refractivity contribution is 6.08. The molecule has 0 atom stereocenters. The summed E-state index contributed by atoms with van der Waals surface area (Å²) >= 11 is 0. The number of fused-ring (bicyclic) bond motifs is 1. The molecule has 1 fully saturated rings. The van der Waals surface area contributed by atoms with Crippen LogP contribution in [0.15, 0.2) is 66.7 Å².